The van der Waals surface area contributed by atoms with Crippen LogP contribution < -0.4 is 29.4 Å². The number of nitrogens with zero attached hydrogens (tertiary/aromatic N) is 3. The molecule has 96 valence electrons. The van der Waals surface area contributed by atoms with Crippen molar-refractivity contribution < 1.29 is 18.9 Å². The fourth-order valence-electron chi connectivity index (χ4n) is 2.19. The van der Waals surface area contributed by atoms with Crippen molar-refractivity contribution in [3.63, 3.8) is 0 Å². The summed E-state index contributed by atoms with van der Waals surface area (Å²) in [5.41, 5.74) is 12.0. The quantitative estimate of drug-likeness (QED) is 0.708. The van der Waals surface area contributed by atoms with Gasteiger partial charge in [0.15, 0.2) is 0 Å². The summed E-state index contributed by atoms with van der Waals surface area (Å²) < 4.78 is 0. The number of hydrazine groups is 1. The van der Waals surface area contributed by atoms with Gasteiger partial charge >= 0.3 is 18.9 Å². The van der Waals surface area contributed by atoms with Crippen molar-refractivity contribution in [3.8, 4) is 0 Å². The monoisotopic (exact) mass is 259 g/mol. The van der Waals surface area contributed by atoms with Crippen LogP contribution in [0.5, 0.6) is 0 Å². The van der Waals surface area contributed by atoms with Crippen molar-refractivity contribution in [2.24, 2.45) is 4.99 Å². The first kappa shape index (κ1) is 14.6. The molecule has 3 rings (SSSR count). The zero-order valence-electron chi connectivity index (χ0n) is 11.8. The van der Waals surface area contributed by atoms with Crippen LogP contribution in [0.4, 0.5) is 11.4 Å². The SMILES string of the molecule is CC1=CC(=N)N=C(C)C1=CN1N[N-]c2ccccc21.[Li+]. The molecule has 0 unspecified atom stereocenters. The third kappa shape index (κ3) is 2.56. The maximum absolute atomic E-state index is 7.60. The topological polar surface area (TPSA) is 65.6 Å². The summed E-state index contributed by atoms with van der Waals surface area (Å²) in [6.07, 6.45) is 3.73. The minimum Gasteiger partial charge on any atom is -0.602 e. The van der Waals surface area contributed by atoms with Crippen LogP contribution in [0.3, 0.4) is 0 Å². The van der Waals surface area contributed by atoms with E-state index in [1.165, 1.54) is 0 Å². The van der Waals surface area contributed by atoms with Gasteiger partial charge in [0.2, 0.25) is 0 Å². The summed E-state index contributed by atoms with van der Waals surface area (Å²) in [6.45, 7) is 3.90. The molecule has 2 N–H and O–H groups in total. The van der Waals surface area contributed by atoms with Crippen molar-refractivity contribution in [2.75, 3.05) is 5.01 Å². The second-order valence-corrected chi connectivity index (χ2v) is 4.52. The van der Waals surface area contributed by atoms with Crippen LogP contribution >= 0.6 is 0 Å². The Hall–Kier alpha value is -1.80. The van der Waals surface area contributed by atoms with Crippen molar-refractivity contribution in [2.45, 2.75) is 13.8 Å². The Morgan fingerprint density at radius 1 is 1.30 bits per heavy atom. The number of dihydropyridines is 1. The normalized spacial score (nSPS) is 19.0. The van der Waals surface area contributed by atoms with Gasteiger partial charge in [-0.05, 0) is 31.6 Å². The molecule has 2 heterocycles. The van der Waals surface area contributed by atoms with Gasteiger partial charge in [0.25, 0.3) is 0 Å². The Labute approximate surface area is 130 Å². The molecule has 6 heteroatoms. The number of amidine groups is 1. The zero-order valence-corrected chi connectivity index (χ0v) is 11.8. The largest absolute Gasteiger partial charge is 1.00 e. The number of hydrogen-bond acceptors (Lipinski definition) is 3. The van der Waals surface area contributed by atoms with Crippen LogP contribution in [0.2, 0.25) is 0 Å². The minimum atomic E-state index is 0. The van der Waals surface area contributed by atoms with Crippen LogP contribution in [0.15, 0.2) is 52.7 Å². The van der Waals surface area contributed by atoms with E-state index in [2.05, 4.69) is 16.0 Å². The molecule has 1 aromatic rings. The van der Waals surface area contributed by atoms with E-state index in [1.54, 1.807) is 6.08 Å². The Kier molecular flexibility index (Phi) is 4.14. The van der Waals surface area contributed by atoms with E-state index in [9.17, 15) is 0 Å². The van der Waals surface area contributed by atoms with Crippen molar-refractivity contribution in [3.05, 3.63) is 53.1 Å². The maximum atomic E-state index is 7.60. The van der Waals surface area contributed by atoms with Crippen molar-refractivity contribution in [1.29, 1.82) is 5.41 Å². The smallest absolute Gasteiger partial charge is 0.602 e. The summed E-state index contributed by atoms with van der Waals surface area (Å²) in [7, 11) is 0. The number of hydrogen-bond donors (Lipinski definition) is 2. The molecule has 0 spiro atoms. The number of benzene rings is 1. The predicted octanol–water partition coefficient (Wildman–Crippen LogP) is 0.217. The average Bonchev–Trinajstić information content (AvgIpc) is 2.77. The van der Waals surface area contributed by atoms with Gasteiger partial charge in [-0.15, -0.1) is 5.69 Å². The van der Waals surface area contributed by atoms with Gasteiger partial charge in [-0.2, -0.15) is 0 Å². The number of para-hydroxylation sites is 2. The standard InChI is InChI=1S/C14H14N5.Li/c1-9-7-14(15)16-10(2)11(9)8-19-13-6-4-3-5-12(13)17-18-19;/h3-8,15,18H,1-2H3;/q-1;+1. The molecule has 2 aliphatic heterocycles. The summed E-state index contributed by atoms with van der Waals surface area (Å²) in [4.78, 5) is 4.18. The average molecular weight is 259 g/mol. The van der Waals surface area contributed by atoms with Crippen LogP contribution in [-0.2, 0) is 0 Å². The molecule has 20 heavy (non-hydrogen) atoms. The third-order valence-electron chi connectivity index (χ3n) is 3.13. The van der Waals surface area contributed by atoms with Crippen LogP contribution in [0, 0.1) is 5.41 Å². The third-order valence-corrected chi connectivity index (χ3v) is 3.13. The molecule has 0 fully saturated rings. The Bertz CT molecular complexity index is 621. The molecule has 0 aromatic heterocycles. The molecule has 1 aromatic carbocycles. The summed E-state index contributed by atoms with van der Waals surface area (Å²) in [5, 5.41) is 9.47. The van der Waals surface area contributed by atoms with Gasteiger partial charge in [0, 0.05) is 23.2 Å². The second kappa shape index (κ2) is 5.67. The number of aliphatic imine (C=N–C) groups is 1. The van der Waals surface area contributed by atoms with Crippen LogP contribution in [0.1, 0.15) is 13.8 Å². The number of nitrogens with one attached hydrogen (secondary N) is 2. The molecule has 2 aliphatic rings. The zero-order chi connectivity index (χ0) is 13.4. The number of rotatable bonds is 1. The molecule has 0 saturated carbocycles. The molecular weight excluding hydrogens is 245 g/mol. The van der Waals surface area contributed by atoms with Gasteiger partial charge in [-0.25, -0.2) is 4.99 Å². The summed E-state index contributed by atoms with van der Waals surface area (Å²) in [5.74, 6) is 0.298. The Morgan fingerprint density at radius 2 is 2.05 bits per heavy atom. The van der Waals surface area contributed by atoms with Crippen molar-refractivity contribution in [1.82, 2.24) is 5.53 Å². The van der Waals surface area contributed by atoms with Crippen LogP contribution in [-0.4, -0.2) is 11.5 Å². The predicted molar refractivity (Wildman–Crippen MR) is 77.8 cm³/mol. The maximum Gasteiger partial charge on any atom is 1.00 e. The first-order chi connectivity index (χ1) is 9.15. The van der Waals surface area contributed by atoms with E-state index >= 15 is 0 Å². The number of allylic oxidation sites excluding steroid dienone is 2. The Morgan fingerprint density at radius 3 is 2.80 bits per heavy atom. The molecule has 0 aliphatic carbocycles. The van der Waals surface area contributed by atoms with Gasteiger partial charge < -0.3 is 11.0 Å². The van der Waals surface area contributed by atoms with E-state index in [1.807, 2.05) is 49.3 Å². The molecule has 0 saturated heterocycles. The summed E-state index contributed by atoms with van der Waals surface area (Å²) >= 11 is 0. The van der Waals surface area contributed by atoms with Crippen molar-refractivity contribution >= 4 is 22.9 Å². The Balaban J connectivity index is 0.00000147. The van der Waals surface area contributed by atoms with Gasteiger partial charge in [0.1, 0.15) is 5.84 Å². The fraction of sp³-hybridized carbons (Fsp3) is 0.143. The first-order valence-corrected chi connectivity index (χ1v) is 6.04. The number of fused-ring (bicyclic) bond motifs is 1. The molecule has 0 atom stereocenters. The van der Waals surface area contributed by atoms with E-state index in [4.69, 9.17) is 5.41 Å². The second-order valence-electron chi connectivity index (χ2n) is 4.52. The van der Waals surface area contributed by atoms with E-state index in [-0.39, 0.29) is 18.9 Å². The number of anilines is 1. The first-order valence-electron chi connectivity index (χ1n) is 6.04. The van der Waals surface area contributed by atoms with Gasteiger partial charge in [-0.1, -0.05) is 18.2 Å². The fourth-order valence-corrected chi connectivity index (χ4v) is 2.19. The molecule has 0 radical (unpaired) electrons. The molecule has 0 amide bonds. The molecular formula is C14H14LiN5. The van der Waals surface area contributed by atoms with Gasteiger partial charge in [-0.3, -0.25) is 10.4 Å². The van der Waals surface area contributed by atoms with E-state index in [0.29, 0.717) is 5.84 Å². The summed E-state index contributed by atoms with van der Waals surface area (Å²) in [6, 6.07) is 7.90. The van der Waals surface area contributed by atoms with Crippen LogP contribution in [0.25, 0.3) is 5.43 Å². The van der Waals surface area contributed by atoms with E-state index in [0.717, 1.165) is 28.2 Å². The molecule has 0 bridgehead atoms. The van der Waals surface area contributed by atoms with Gasteiger partial charge in [0.05, 0.1) is 0 Å². The van der Waals surface area contributed by atoms with E-state index < -0.39 is 0 Å². The molecule has 5 nitrogen and oxygen atoms in total. The minimum absolute atomic E-state index is 0.